The van der Waals surface area contributed by atoms with Gasteiger partial charge in [0.2, 0.25) is 0 Å². The Morgan fingerprint density at radius 2 is 2.40 bits per heavy atom. The van der Waals surface area contributed by atoms with E-state index in [1.807, 2.05) is 11.6 Å². The molecule has 0 saturated heterocycles. The van der Waals surface area contributed by atoms with Crippen LogP contribution in [0, 0.1) is 0 Å². The molecular weight excluding hydrogens is 128 g/mol. The van der Waals surface area contributed by atoms with E-state index in [0.29, 0.717) is 0 Å². The predicted octanol–water partition coefficient (Wildman–Crippen LogP) is -1.86. The lowest BCUT2D eigenvalue weighted by Crippen LogP contribution is -3.10. The molecule has 0 saturated carbocycles. The molecule has 0 aromatic rings. The Morgan fingerprint density at radius 3 is 2.60 bits per heavy atom. The molecule has 2 atom stereocenters. The van der Waals surface area contributed by atoms with E-state index in [1.165, 1.54) is 10.7 Å². The van der Waals surface area contributed by atoms with Gasteiger partial charge in [-0.05, 0) is 0 Å². The van der Waals surface area contributed by atoms with Gasteiger partial charge in [0.15, 0.2) is 12.8 Å². The van der Waals surface area contributed by atoms with Gasteiger partial charge in [-0.3, -0.25) is 4.79 Å². The van der Waals surface area contributed by atoms with Crippen LogP contribution in [0.3, 0.4) is 0 Å². The molecule has 0 radical (unpaired) electrons. The van der Waals surface area contributed by atoms with Crippen LogP contribution in [0.25, 0.3) is 0 Å². The van der Waals surface area contributed by atoms with E-state index in [4.69, 9.17) is 0 Å². The molecule has 1 rings (SSSR count). The van der Waals surface area contributed by atoms with Gasteiger partial charge in [0.25, 0.3) is 6.04 Å². The summed E-state index contributed by atoms with van der Waals surface area (Å²) in [5.74, 6) is 1.25. The van der Waals surface area contributed by atoms with Crippen LogP contribution >= 0.6 is 0 Å². The van der Waals surface area contributed by atoms with Gasteiger partial charge in [0, 0.05) is 0 Å². The third kappa shape index (κ3) is 0.968. The van der Waals surface area contributed by atoms with Crippen molar-refractivity contribution in [2.75, 3.05) is 20.6 Å². The van der Waals surface area contributed by atoms with Crippen molar-refractivity contribution in [2.45, 2.75) is 13.0 Å². The lowest BCUT2D eigenvalue weighted by molar-refractivity contribution is -0.778. The lowest BCUT2D eigenvalue weighted by Gasteiger charge is -1.96. The highest BCUT2D eigenvalue weighted by atomic mass is 16.1. The van der Waals surface area contributed by atoms with Gasteiger partial charge in [-0.2, -0.15) is 4.58 Å². The van der Waals surface area contributed by atoms with Gasteiger partial charge in [-0.25, -0.2) is 4.90 Å². The molecule has 1 N–H and O–H groups in total. The van der Waals surface area contributed by atoms with Crippen molar-refractivity contribution in [2.24, 2.45) is 0 Å². The maximum absolute atomic E-state index is 10.4. The number of nitrogens with zero attached hydrogens (tertiary/aromatic N) is 1. The quantitative estimate of drug-likeness (QED) is 0.337. The summed E-state index contributed by atoms with van der Waals surface area (Å²) in [6.45, 7) is 2.96. The van der Waals surface area contributed by atoms with Crippen molar-refractivity contribution in [3.63, 3.8) is 0 Å². The highest BCUT2D eigenvalue weighted by Crippen LogP contribution is 1.86. The number of amidine groups is 1. The second kappa shape index (κ2) is 2.50. The summed E-state index contributed by atoms with van der Waals surface area (Å²) in [7, 11) is 4.04. The number of aldehydes is 1. The fourth-order valence-electron chi connectivity index (χ4n) is 1.29. The Hall–Kier alpha value is -0.700. The molecule has 0 fully saturated rings. The van der Waals surface area contributed by atoms with E-state index in [9.17, 15) is 4.79 Å². The number of nitrogens with one attached hydrogen (secondary N) is 1. The number of carbonyl (C=O) groups is 1. The Labute approximate surface area is 60.9 Å². The van der Waals surface area contributed by atoms with E-state index >= 15 is 0 Å². The van der Waals surface area contributed by atoms with Gasteiger partial charge in [0.05, 0.1) is 14.0 Å². The number of quaternary nitrogens is 1. The molecule has 0 aromatic heterocycles. The van der Waals surface area contributed by atoms with Gasteiger partial charge in [0.1, 0.15) is 7.05 Å². The summed E-state index contributed by atoms with van der Waals surface area (Å²) >= 11 is 0. The molecule has 10 heavy (non-hydrogen) atoms. The van der Waals surface area contributed by atoms with E-state index in [-0.39, 0.29) is 6.04 Å². The first-order valence-electron chi connectivity index (χ1n) is 3.51. The zero-order chi connectivity index (χ0) is 7.72. The summed E-state index contributed by atoms with van der Waals surface area (Å²) in [4.78, 5) is 11.8. The predicted molar refractivity (Wildman–Crippen MR) is 38.5 cm³/mol. The Morgan fingerprint density at radius 1 is 1.80 bits per heavy atom. The van der Waals surface area contributed by atoms with E-state index in [0.717, 1.165) is 12.8 Å². The molecule has 0 spiro atoms. The summed E-state index contributed by atoms with van der Waals surface area (Å²) < 4.78 is 2.03. The molecule has 1 aliphatic heterocycles. The molecular formula is C7H14N2O+2. The van der Waals surface area contributed by atoms with Gasteiger partial charge in [-0.15, -0.1) is 0 Å². The van der Waals surface area contributed by atoms with Crippen molar-refractivity contribution in [3.05, 3.63) is 0 Å². The number of hydrogen-bond donors (Lipinski definition) is 1. The Kier molecular flexibility index (Phi) is 1.85. The zero-order valence-corrected chi connectivity index (χ0v) is 6.72. The van der Waals surface area contributed by atoms with Gasteiger partial charge >= 0.3 is 5.84 Å². The van der Waals surface area contributed by atoms with E-state index < -0.39 is 0 Å². The Bertz CT molecular complexity index is 186. The zero-order valence-electron chi connectivity index (χ0n) is 6.72. The summed E-state index contributed by atoms with van der Waals surface area (Å²) in [6, 6.07) is 0.0972. The molecule has 0 aliphatic carbocycles. The van der Waals surface area contributed by atoms with Crippen molar-refractivity contribution < 1.29 is 14.3 Å². The second-order valence-electron chi connectivity index (χ2n) is 2.88. The number of rotatable bonds is 1. The fraction of sp³-hybridized carbons (Fsp3) is 0.714. The third-order valence-electron chi connectivity index (χ3n) is 2.32. The standard InChI is InChI=1S/C7H13N2O/c1-6-8(2)4-7(5-10)9(6)3/h5,7H,4H2,1-3H3/q+1/p+1. The minimum absolute atomic E-state index is 0.0972. The average Bonchev–Trinajstić information content (AvgIpc) is 2.17. The first kappa shape index (κ1) is 7.41. The van der Waals surface area contributed by atoms with Gasteiger partial charge < -0.3 is 0 Å². The molecule has 1 heterocycles. The number of likely N-dealkylation sites (N-methyl/N-ethyl adjacent to an activating group) is 2. The van der Waals surface area contributed by atoms with Gasteiger partial charge in [-0.1, -0.05) is 0 Å². The normalized spacial score (nSPS) is 33.1. The second-order valence-corrected chi connectivity index (χ2v) is 2.88. The van der Waals surface area contributed by atoms with Crippen LogP contribution in [0.4, 0.5) is 0 Å². The Balaban J connectivity index is 2.82. The van der Waals surface area contributed by atoms with Crippen LogP contribution in [-0.2, 0) is 4.79 Å². The fourth-order valence-corrected chi connectivity index (χ4v) is 1.29. The van der Waals surface area contributed by atoms with Crippen LogP contribution in [0.2, 0.25) is 0 Å². The highest BCUT2D eigenvalue weighted by molar-refractivity contribution is 5.69. The van der Waals surface area contributed by atoms with Crippen molar-refractivity contribution >= 4 is 12.1 Å². The summed E-state index contributed by atoms with van der Waals surface area (Å²) in [5.41, 5.74) is 0. The van der Waals surface area contributed by atoms with Crippen molar-refractivity contribution in [1.29, 1.82) is 0 Å². The molecule has 2 unspecified atom stereocenters. The average molecular weight is 142 g/mol. The number of hydrogen-bond acceptors (Lipinski definition) is 1. The molecule has 0 amide bonds. The smallest absolute Gasteiger partial charge is 0.296 e. The summed E-state index contributed by atoms with van der Waals surface area (Å²) in [6.07, 6.45) is 1.01. The lowest BCUT2D eigenvalue weighted by atomic mass is 10.3. The van der Waals surface area contributed by atoms with Crippen LogP contribution in [0.15, 0.2) is 0 Å². The molecule has 0 aromatic carbocycles. The largest absolute Gasteiger partial charge is 0.333 e. The SMILES string of the molecule is CC1=[N+](C)C(C=O)C[NH+]1C. The van der Waals surface area contributed by atoms with Crippen LogP contribution in [0.5, 0.6) is 0 Å². The first-order valence-corrected chi connectivity index (χ1v) is 3.51. The van der Waals surface area contributed by atoms with Crippen molar-refractivity contribution in [3.8, 4) is 0 Å². The number of carbonyl (C=O) groups excluding carboxylic acids is 1. The minimum atomic E-state index is 0.0972. The van der Waals surface area contributed by atoms with Crippen LogP contribution < -0.4 is 4.90 Å². The van der Waals surface area contributed by atoms with Crippen molar-refractivity contribution in [1.82, 2.24) is 0 Å². The molecule has 0 bridgehead atoms. The first-order chi connectivity index (χ1) is 4.66. The van der Waals surface area contributed by atoms with E-state index in [2.05, 4.69) is 14.0 Å². The monoisotopic (exact) mass is 142 g/mol. The third-order valence-corrected chi connectivity index (χ3v) is 2.32. The minimum Gasteiger partial charge on any atom is -0.296 e. The van der Waals surface area contributed by atoms with Crippen LogP contribution in [-0.4, -0.2) is 43.4 Å². The maximum atomic E-state index is 10.4. The maximum Gasteiger partial charge on any atom is 0.333 e. The molecule has 56 valence electrons. The van der Waals surface area contributed by atoms with Crippen LogP contribution in [0.1, 0.15) is 6.92 Å². The summed E-state index contributed by atoms with van der Waals surface area (Å²) in [5, 5.41) is 0. The molecule has 1 aliphatic rings. The molecule has 3 nitrogen and oxygen atoms in total. The van der Waals surface area contributed by atoms with E-state index in [1.54, 1.807) is 0 Å². The highest BCUT2D eigenvalue weighted by Gasteiger charge is 2.35. The topological polar surface area (TPSA) is 24.5 Å². The molecule has 3 heteroatoms.